The first kappa shape index (κ1) is 17.7. The molecule has 1 aromatic rings. The number of hydrogen-bond acceptors (Lipinski definition) is 4. The quantitative estimate of drug-likeness (QED) is 0.598. The first-order valence-corrected chi connectivity index (χ1v) is 8.63. The van der Waals surface area contributed by atoms with Gasteiger partial charge in [0.25, 0.3) is 0 Å². The van der Waals surface area contributed by atoms with Crippen LogP contribution in [0.15, 0.2) is 35.5 Å². The summed E-state index contributed by atoms with van der Waals surface area (Å²) in [4.78, 5) is 12.7. The predicted molar refractivity (Wildman–Crippen MR) is 95.9 cm³/mol. The number of thiocarbonyl (C=S) groups is 1. The summed E-state index contributed by atoms with van der Waals surface area (Å²) in [6.45, 7) is 0.964. The predicted octanol–water partition coefficient (Wildman–Crippen LogP) is 2.78. The highest BCUT2D eigenvalue weighted by atomic mass is 32.1. The second kappa shape index (κ2) is 7.39. The molecule has 0 spiro atoms. The molecule has 7 heteroatoms. The van der Waals surface area contributed by atoms with E-state index in [1.807, 2.05) is 24.3 Å². The minimum absolute atomic E-state index is 0.260. The number of nitrogens with one attached hydrogen (secondary N) is 2. The lowest BCUT2D eigenvalue weighted by Gasteiger charge is -2.29. The highest BCUT2D eigenvalue weighted by molar-refractivity contribution is 7.80. The van der Waals surface area contributed by atoms with E-state index >= 15 is 0 Å². The fourth-order valence-electron chi connectivity index (χ4n) is 2.98. The molecular formula is C18H21FN2O3S. The number of esters is 1. The highest BCUT2D eigenvalue weighted by Gasteiger charge is 2.38. The third-order valence-electron chi connectivity index (χ3n) is 4.46. The monoisotopic (exact) mass is 364 g/mol. The summed E-state index contributed by atoms with van der Waals surface area (Å²) in [6, 6.07) is 6.70. The van der Waals surface area contributed by atoms with Crippen LogP contribution in [-0.4, -0.2) is 30.9 Å². The number of carbonyl (C=O) groups excluding carboxylic acids is 1. The van der Waals surface area contributed by atoms with Gasteiger partial charge >= 0.3 is 5.97 Å². The Kier molecular flexibility index (Phi) is 5.22. The average Bonchev–Trinajstić information content (AvgIpc) is 3.43. The van der Waals surface area contributed by atoms with Crippen LogP contribution in [-0.2, 0) is 9.53 Å². The van der Waals surface area contributed by atoms with Crippen LogP contribution in [0.5, 0.6) is 5.75 Å². The zero-order valence-corrected chi connectivity index (χ0v) is 15.0. The van der Waals surface area contributed by atoms with Crippen molar-refractivity contribution in [1.82, 2.24) is 10.6 Å². The fraction of sp³-hybridized carbons (Fsp3) is 0.444. The number of carbonyl (C=O) groups is 1. The molecule has 0 saturated heterocycles. The summed E-state index contributed by atoms with van der Waals surface area (Å²) < 4.78 is 24.3. The standard InChI is InChI=1S/C18H21FN2O3S/c1-10-15(14(9-19)21-18(25)20-10)17(22)24-16(11-3-4-11)12-5-7-13(23-2)8-6-12/h5-8,11,14,16H,3-4,9H2,1-2H3,(H2,20,21,25). The highest BCUT2D eigenvalue weighted by Crippen LogP contribution is 2.44. The third kappa shape index (κ3) is 3.92. The second-order valence-corrected chi connectivity index (χ2v) is 6.69. The smallest absolute Gasteiger partial charge is 0.338 e. The molecule has 0 bridgehead atoms. The number of halogens is 1. The maximum atomic E-state index is 13.3. The second-order valence-electron chi connectivity index (χ2n) is 6.28. The average molecular weight is 364 g/mol. The minimum Gasteiger partial charge on any atom is -0.497 e. The van der Waals surface area contributed by atoms with Crippen molar-refractivity contribution in [3.8, 4) is 5.75 Å². The van der Waals surface area contributed by atoms with Gasteiger partial charge < -0.3 is 20.1 Å². The molecule has 1 saturated carbocycles. The van der Waals surface area contributed by atoms with Crippen LogP contribution in [0.2, 0.25) is 0 Å². The molecular weight excluding hydrogens is 343 g/mol. The van der Waals surface area contributed by atoms with E-state index in [9.17, 15) is 9.18 Å². The Labute approximate surface area is 151 Å². The number of benzene rings is 1. The van der Waals surface area contributed by atoms with Gasteiger partial charge in [-0.1, -0.05) is 12.1 Å². The van der Waals surface area contributed by atoms with Crippen molar-refractivity contribution in [1.29, 1.82) is 0 Å². The number of hydrogen-bond donors (Lipinski definition) is 2. The first-order valence-electron chi connectivity index (χ1n) is 8.22. The Morgan fingerprint density at radius 1 is 1.36 bits per heavy atom. The van der Waals surface area contributed by atoms with E-state index in [1.165, 1.54) is 0 Å². The first-order chi connectivity index (χ1) is 12.0. The maximum Gasteiger partial charge on any atom is 0.338 e. The molecule has 1 aliphatic carbocycles. The summed E-state index contributed by atoms with van der Waals surface area (Å²) in [5.41, 5.74) is 1.70. The lowest BCUT2D eigenvalue weighted by Crippen LogP contribution is -2.50. The van der Waals surface area contributed by atoms with E-state index < -0.39 is 18.7 Å². The fourth-order valence-corrected chi connectivity index (χ4v) is 3.28. The van der Waals surface area contributed by atoms with Crippen molar-refractivity contribution >= 4 is 23.3 Å². The van der Waals surface area contributed by atoms with Crippen LogP contribution in [0.4, 0.5) is 4.39 Å². The van der Waals surface area contributed by atoms with E-state index in [0.717, 1.165) is 24.2 Å². The van der Waals surface area contributed by atoms with Crippen LogP contribution in [0, 0.1) is 5.92 Å². The molecule has 5 nitrogen and oxygen atoms in total. The van der Waals surface area contributed by atoms with Crippen molar-refractivity contribution < 1.29 is 18.7 Å². The number of alkyl halides is 1. The molecule has 1 fully saturated rings. The lowest BCUT2D eigenvalue weighted by atomic mass is 10.0. The molecule has 3 rings (SSSR count). The molecule has 25 heavy (non-hydrogen) atoms. The molecule has 134 valence electrons. The van der Waals surface area contributed by atoms with Crippen LogP contribution >= 0.6 is 12.2 Å². The Morgan fingerprint density at radius 3 is 2.60 bits per heavy atom. The number of methoxy groups -OCH3 is 1. The normalized spacial score (nSPS) is 21.2. The van der Waals surface area contributed by atoms with Crippen molar-refractivity contribution in [3.05, 3.63) is 41.1 Å². The zero-order valence-electron chi connectivity index (χ0n) is 14.2. The van der Waals surface area contributed by atoms with Gasteiger partial charge in [0, 0.05) is 11.6 Å². The van der Waals surface area contributed by atoms with Crippen molar-refractivity contribution in [2.75, 3.05) is 13.8 Å². The van der Waals surface area contributed by atoms with E-state index in [0.29, 0.717) is 16.7 Å². The molecule has 1 aromatic carbocycles. The van der Waals surface area contributed by atoms with Crippen molar-refractivity contribution in [2.24, 2.45) is 5.92 Å². The van der Waals surface area contributed by atoms with Gasteiger partial charge in [-0.2, -0.15) is 0 Å². The number of rotatable bonds is 6. The molecule has 0 amide bonds. The molecule has 0 aromatic heterocycles. The zero-order chi connectivity index (χ0) is 18.0. The van der Waals surface area contributed by atoms with Crippen LogP contribution < -0.4 is 15.4 Å². The molecule has 2 atom stereocenters. The topological polar surface area (TPSA) is 59.6 Å². The van der Waals surface area contributed by atoms with E-state index in [-0.39, 0.29) is 11.7 Å². The molecule has 2 N–H and O–H groups in total. The Hall–Kier alpha value is -2.15. The van der Waals surface area contributed by atoms with Gasteiger partial charge in [0.05, 0.1) is 18.7 Å². The Morgan fingerprint density at radius 2 is 2.04 bits per heavy atom. The van der Waals surface area contributed by atoms with Crippen LogP contribution in [0.1, 0.15) is 31.4 Å². The number of allylic oxidation sites excluding steroid dienone is 1. The van der Waals surface area contributed by atoms with Crippen LogP contribution in [0.3, 0.4) is 0 Å². The van der Waals surface area contributed by atoms with Gasteiger partial charge in [-0.05, 0) is 49.7 Å². The summed E-state index contributed by atoms with van der Waals surface area (Å²) in [6.07, 6.45) is 1.68. The summed E-state index contributed by atoms with van der Waals surface area (Å²) in [7, 11) is 1.60. The summed E-state index contributed by atoms with van der Waals surface area (Å²) >= 11 is 5.02. The third-order valence-corrected chi connectivity index (χ3v) is 4.68. The van der Waals surface area contributed by atoms with Crippen LogP contribution in [0.25, 0.3) is 0 Å². The molecule has 0 radical (unpaired) electrons. The van der Waals surface area contributed by atoms with Crippen molar-refractivity contribution in [2.45, 2.75) is 31.9 Å². The van der Waals surface area contributed by atoms with Crippen molar-refractivity contribution in [3.63, 3.8) is 0 Å². The summed E-state index contributed by atoms with van der Waals surface area (Å²) in [5.74, 6) is 0.526. The maximum absolute atomic E-state index is 13.3. The summed E-state index contributed by atoms with van der Waals surface area (Å²) in [5, 5.41) is 5.94. The van der Waals surface area contributed by atoms with E-state index in [4.69, 9.17) is 21.7 Å². The molecule has 2 aliphatic rings. The van der Waals surface area contributed by atoms with Gasteiger partial charge in [0.1, 0.15) is 18.5 Å². The van der Waals surface area contributed by atoms with E-state index in [1.54, 1.807) is 14.0 Å². The lowest BCUT2D eigenvalue weighted by molar-refractivity contribution is -0.146. The van der Waals surface area contributed by atoms with Gasteiger partial charge in [-0.3, -0.25) is 0 Å². The largest absolute Gasteiger partial charge is 0.497 e. The Bertz CT molecular complexity index is 701. The molecule has 2 unspecified atom stereocenters. The van der Waals surface area contributed by atoms with Gasteiger partial charge in [0.2, 0.25) is 0 Å². The van der Waals surface area contributed by atoms with E-state index in [2.05, 4.69) is 10.6 Å². The van der Waals surface area contributed by atoms with Gasteiger partial charge in [0.15, 0.2) is 5.11 Å². The molecule has 1 aliphatic heterocycles. The minimum atomic E-state index is -0.781. The Balaban J connectivity index is 1.81. The molecule has 1 heterocycles. The number of ether oxygens (including phenoxy) is 2. The van der Waals surface area contributed by atoms with Gasteiger partial charge in [-0.15, -0.1) is 0 Å². The SMILES string of the molecule is COc1ccc(C(OC(=O)C2=C(C)NC(=S)NC2CF)C2CC2)cc1. The van der Waals surface area contributed by atoms with Gasteiger partial charge in [-0.25, -0.2) is 9.18 Å².